The van der Waals surface area contributed by atoms with E-state index >= 15 is 0 Å². The van der Waals surface area contributed by atoms with Crippen molar-refractivity contribution >= 4 is 17.5 Å². The molecule has 0 aliphatic carbocycles. The number of nitrogens with one attached hydrogen (secondary N) is 2. The van der Waals surface area contributed by atoms with Crippen molar-refractivity contribution in [3.63, 3.8) is 0 Å². The van der Waals surface area contributed by atoms with Gasteiger partial charge in [-0.2, -0.15) is 5.10 Å². The van der Waals surface area contributed by atoms with Crippen molar-refractivity contribution in [2.24, 2.45) is 7.05 Å². The van der Waals surface area contributed by atoms with Gasteiger partial charge in [0.1, 0.15) is 0 Å². The molecule has 2 N–H and O–H groups in total. The predicted molar refractivity (Wildman–Crippen MR) is 99.2 cm³/mol. The maximum absolute atomic E-state index is 12.5. The first kappa shape index (κ1) is 18.1. The van der Waals surface area contributed by atoms with Gasteiger partial charge < -0.3 is 15.1 Å². The Morgan fingerprint density at radius 1 is 1.15 bits per heavy atom. The quantitative estimate of drug-likeness (QED) is 0.811. The van der Waals surface area contributed by atoms with Crippen LogP contribution in [0.3, 0.4) is 0 Å². The number of aryl methyl sites for hydroxylation is 2. The van der Waals surface area contributed by atoms with Gasteiger partial charge in [-0.1, -0.05) is 18.2 Å². The number of anilines is 1. The van der Waals surface area contributed by atoms with Crippen molar-refractivity contribution in [2.75, 3.05) is 38.0 Å². The van der Waals surface area contributed by atoms with E-state index in [1.165, 1.54) is 4.90 Å². The zero-order chi connectivity index (χ0) is 18.7. The summed E-state index contributed by atoms with van der Waals surface area (Å²) in [5.74, 6) is 0.0535. The van der Waals surface area contributed by atoms with Crippen molar-refractivity contribution in [2.45, 2.75) is 13.8 Å². The number of nitrogens with zero attached hydrogens (tertiary/aromatic N) is 3. The second-order valence-corrected chi connectivity index (χ2v) is 6.80. The molecule has 7 heteroatoms. The van der Waals surface area contributed by atoms with Crippen LogP contribution in [0.15, 0.2) is 30.3 Å². The van der Waals surface area contributed by atoms with Crippen molar-refractivity contribution in [1.82, 2.24) is 14.7 Å². The standard InChI is InChI=1S/C19H25N5O2/c1-14-18(15(2)22(3)21-14)20-17(25)13-23-9-11-24(12-10-23)19(26)16-7-5-4-6-8-16/h4-8H,9-13H2,1-3H3,(H,20,25)/p+1. The highest BCUT2D eigenvalue weighted by Crippen LogP contribution is 2.17. The fourth-order valence-corrected chi connectivity index (χ4v) is 3.33. The lowest BCUT2D eigenvalue weighted by Crippen LogP contribution is -3.15. The third kappa shape index (κ3) is 3.94. The Bertz CT molecular complexity index is 792. The average Bonchev–Trinajstić information content (AvgIpc) is 2.88. The Labute approximate surface area is 153 Å². The summed E-state index contributed by atoms with van der Waals surface area (Å²) < 4.78 is 1.77. The molecule has 0 unspecified atom stereocenters. The number of hydrogen-bond donors (Lipinski definition) is 2. The van der Waals surface area contributed by atoms with E-state index in [-0.39, 0.29) is 11.8 Å². The molecule has 138 valence electrons. The lowest BCUT2D eigenvalue weighted by Gasteiger charge is -2.32. The summed E-state index contributed by atoms with van der Waals surface area (Å²) in [5, 5.41) is 7.30. The normalized spacial score (nSPS) is 15.1. The number of amides is 2. The highest BCUT2D eigenvalue weighted by Gasteiger charge is 2.26. The van der Waals surface area contributed by atoms with Crippen LogP contribution in [-0.2, 0) is 11.8 Å². The Kier molecular flexibility index (Phi) is 5.37. The molecule has 0 spiro atoms. The molecular weight excluding hydrogens is 330 g/mol. The fraction of sp³-hybridized carbons (Fsp3) is 0.421. The summed E-state index contributed by atoms with van der Waals surface area (Å²) in [6.45, 7) is 7.12. The number of piperazine rings is 1. The predicted octanol–water partition coefficient (Wildman–Crippen LogP) is 0.0163. The highest BCUT2D eigenvalue weighted by molar-refractivity contribution is 5.94. The first-order valence-corrected chi connectivity index (χ1v) is 8.93. The molecule has 1 fully saturated rings. The molecule has 0 bridgehead atoms. The summed E-state index contributed by atoms with van der Waals surface area (Å²) in [4.78, 5) is 27.9. The van der Waals surface area contributed by atoms with Crippen LogP contribution in [0.2, 0.25) is 0 Å². The smallest absolute Gasteiger partial charge is 0.279 e. The second kappa shape index (κ2) is 7.70. The molecule has 2 aromatic rings. The van der Waals surface area contributed by atoms with Gasteiger partial charge in [-0.15, -0.1) is 0 Å². The van der Waals surface area contributed by atoms with E-state index in [2.05, 4.69) is 10.4 Å². The molecule has 0 saturated carbocycles. The number of hydrogen-bond acceptors (Lipinski definition) is 3. The van der Waals surface area contributed by atoms with Crippen LogP contribution in [0.4, 0.5) is 5.69 Å². The Balaban J connectivity index is 1.51. The molecule has 1 aliphatic rings. The van der Waals surface area contributed by atoms with Crippen LogP contribution < -0.4 is 10.2 Å². The van der Waals surface area contributed by atoms with Crippen molar-refractivity contribution < 1.29 is 14.5 Å². The summed E-state index contributed by atoms with van der Waals surface area (Å²) in [7, 11) is 1.87. The molecule has 1 saturated heterocycles. The second-order valence-electron chi connectivity index (χ2n) is 6.80. The highest BCUT2D eigenvalue weighted by atomic mass is 16.2. The summed E-state index contributed by atoms with van der Waals surface area (Å²) in [6, 6.07) is 9.34. The molecule has 26 heavy (non-hydrogen) atoms. The van der Waals surface area contributed by atoms with Gasteiger partial charge in [0, 0.05) is 12.6 Å². The van der Waals surface area contributed by atoms with E-state index in [1.54, 1.807) is 4.68 Å². The van der Waals surface area contributed by atoms with Crippen LogP contribution in [-0.4, -0.2) is 59.2 Å². The zero-order valence-electron chi connectivity index (χ0n) is 15.6. The van der Waals surface area contributed by atoms with Gasteiger partial charge >= 0.3 is 0 Å². The van der Waals surface area contributed by atoms with Crippen molar-refractivity contribution in [1.29, 1.82) is 0 Å². The molecule has 2 heterocycles. The largest absolute Gasteiger partial charge is 0.327 e. The minimum absolute atomic E-state index is 0.0120. The van der Waals surface area contributed by atoms with E-state index in [1.807, 2.05) is 56.1 Å². The third-order valence-corrected chi connectivity index (χ3v) is 4.96. The van der Waals surface area contributed by atoms with Gasteiger partial charge in [0.15, 0.2) is 6.54 Å². The number of rotatable bonds is 4. The number of aromatic nitrogens is 2. The number of carbonyl (C=O) groups is 2. The SMILES string of the molecule is Cc1nn(C)c(C)c1NC(=O)C[NH+]1CCN(C(=O)c2ccccc2)CC1. The van der Waals surface area contributed by atoms with Crippen LogP contribution in [0.1, 0.15) is 21.7 Å². The fourth-order valence-electron chi connectivity index (χ4n) is 3.33. The molecule has 0 radical (unpaired) electrons. The van der Waals surface area contributed by atoms with Crippen molar-refractivity contribution in [3.8, 4) is 0 Å². The van der Waals surface area contributed by atoms with E-state index in [0.717, 1.165) is 35.7 Å². The lowest BCUT2D eigenvalue weighted by atomic mass is 10.2. The number of carbonyl (C=O) groups excluding carboxylic acids is 2. The molecule has 0 atom stereocenters. The first-order valence-electron chi connectivity index (χ1n) is 8.93. The maximum atomic E-state index is 12.5. The maximum Gasteiger partial charge on any atom is 0.279 e. The minimum Gasteiger partial charge on any atom is -0.327 e. The van der Waals surface area contributed by atoms with Gasteiger partial charge in [-0.3, -0.25) is 14.3 Å². The topological polar surface area (TPSA) is 71.7 Å². The Morgan fingerprint density at radius 2 is 1.81 bits per heavy atom. The van der Waals surface area contributed by atoms with Gasteiger partial charge in [-0.05, 0) is 26.0 Å². The average molecular weight is 356 g/mol. The van der Waals surface area contributed by atoms with Gasteiger partial charge in [0.2, 0.25) is 0 Å². The van der Waals surface area contributed by atoms with Gasteiger partial charge in [0.05, 0.1) is 43.3 Å². The lowest BCUT2D eigenvalue weighted by molar-refractivity contribution is -0.895. The molecule has 3 rings (SSSR count). The molecule has 2 amide bonds. The monoisotopic (exact) mass is 356 g/mol. The first-order chi connectivity index (χ1) is 12.5. The molecule has 1 aliphatic heterocycles. The minimum atomic E-state index is -0.0120. The van der Waals surface area contributed by atoms with Crippen LogP contribution in [0, 0.1) is 13.8 Å². The third-order valence-electron chi connectivity index (χ3n) is 4.96. The van der Waals surface area contributed by atoms with E-state index in [0.29, 0.717) is 19.6 Å². The molecule has 7 nitrogen and oxygen atoms in total. The van der Waals surface area contributed by atoms with E-state index in [9.17, 15) is 9.59 Å². The van der Waals surface area contributed by atoms with Gasteiger partial charge in [0.25, 0.3) is 11.8 Å². The van der Waals surface area contributed by atoms with Crippen molar-refractivity contribution in [3.05, 3.63) is 47.3 Å². The molecule has 1 aromatic carbocycles. The molecular formula is C19H26N5O2+. The van der Waals surface area contributed by atoms with Crippen LogP contribution in [0.5, 0.6) is 0 Å². The van der Waals surface area contributed by atoms with Crippen LogP contribution in [0.25, 0.3) is 0 Å². The Hall–Kier alpha value is -2.67. The molecule has 1 aromatic heterocycles. The number of quaternary nitrogens is 1. The summed E-state index contributed by atoms with van der Waals surface area (Å²) in [5.41, 5.74) is 3.29. The van der Waals surface area contributed by atoms with E-state index < -0.39 is 0 Å². The summed E-state index contributed by atoms with van der Waals surface area (Å²) in [6.07, 6.45) is 0. The van der Waals surface area contributed by atoms with Crippen LogP contribution >= 0.6 is 0 Å². The van der Waals surface area contributed by atoms with E-state index in [4.69, 9.17) is 0 Å². The van der Waals surface area contributed by atoms with Gasteiger partial charge in [-0.25, -0.2) is 0 Å². The zero-order valence-corrected chi connectivity index (χ0v) is 15.6. The summed E-state index contributed by atoms with van der Waals surface area (Å²) >= 11 is 0. The Morgan fingerprint density at radius 3 is 2.38 bits per heavy atom. The number of benzene rings is 1.